The smallest absolute Gasteiger partial charge is 0.315 e. The van der Waals surface area contributed by atoms with Gasteiger partial charge < -0.3 is 134 Å². The second-order valence-corrected chi connectivity index (χ2v) is 23.2. The van der Waals surface area contributed by atoms with Gasteiger partial charge in [-0.15, -0.1) is 0 Å². The number of unbranched alkanes of at least 4 members (excludes halogenated alkanes) is 1. The maximum atomic E-state index is 13.6. The largest absolute Gasteiger partial charge is 0.420 e. The zero-order valence-electron chi connectivity index (χ0n) is 60.1. The Labute approximate surface area is 607 Å². The molecule has 0 aromatic heterocycles. The normalized spacial score (nSPS) is 15.0. The maximum Gasteiger partial charge on any atom is 0.315 e. The summed E-state index contributed by atoms with van der Waals surface area (Å²) in [7, 11) is 0. The topological polar surface area (TPSA) is 318 Å². The maximum absolute atomic E-state index is 13.6. The molecule has 3 unspecified atom stereocenters. The molecule has 3 amide bonds. The monoisotopic (exact) mass is 1520 g/mol. The number of nitrogens with one attached hydrogen (secondary N) is 3. The van der Waals surface area contributed by atoms with Crippen molar-refractivity contribution in [1.82, 2.24) is 16.0 Å². The summed E-state index contributed by atoms with van der Waals surface area (Å²) >= 11 is 1.89. The number of rotatable bonds is 81. The third kappa shape index (κ3) is 57.4. The lowest BCUT2D eigenvalue weighted by Gasteiger charge is -2.16. The molecule has 2 heterocycles. The van der Waals surface area contributed by atoms with E-state index in [1.54, 1.807) is 0 Å². The van der Waals surface area contributed by atoms with Crippen LogP contribution in [0.15, 0.2) is 6.07 Å². The molecule has 3 atom stereocenters. The highest BCUT2D eigenvalue weighted by atomic mass is 32.2. The van der Waals surface area contributed by atoms with Crippen molar-refractivity contribution in [3.63, 3.8) is 0 Å². The van der Waals surface area contributed by atoms with E-state index in [2.05, 4.69) is 20.7 Å². The Morgan fingerprint density at radius 2 is 0.602 bits per heavy atom. The van der Waals surface area contributed by atoms with Gasteiger partial charge in [-0.1, -0.05) is 6.42 Å². The number of fused-ring (bicyclic) bond motifs is 1. The molecule has 0 aliphatic carbocycles. The molecule has 602 valence electrons. The molecule has 36 heteroatoms. The molecule has 0 bridgehead atoms. The molecule has 103 heavy (non-hydrogen) atoms. The molecule has 2 fully saturated rings. The molecule has 3 N–H and O–H groups in total. The fourth-order valence-electron chi connectivity index (χ4n) is 8.75. The SMILES string of the molecule is O=C(CCCCC1SCC2NC(=O)NC21)NCCOCCOCCOCCOCCOCCOCCOCCOCCOCCOCCOCCOCCOCCOCCOCCOCCOCCOCCOCCOCCOCCOCCOCCOCCC(=O)Oc1c(F)c(F)cc(F)c1F. The van der Waals surface area contributed by atoms with Crippen molar-refractivity contribution in [3.8, 4) is 5.75 Å². The zero-order chi connectivity index (χ0) is 73.5. The highest BCUT2D eigenvalue weighted by Crippen LogP contribution is 2.33. The van der Waals surface area contributed by atoms with Crippen LogP contribution in [0.2, 0.25) is 0 Å². The first-order valence-corrected chi connectivity index (χ1v) is 36.7. The molecule has 3 rings (SSSR count). The standard InChI is InChI=1S/C67H117F4N3O28S/c68-57-55-58(69)64(71)66(63(57)70)102-62(76)5-7-78-9-11-80-13-15-82-17-19-84-21-23-86-25-27-88-29-31-90-33-35-92-37-39-94-41-43-96-45-47-98-49-51-100-53-54-101-52-50-99-48-46-97-44-42-95-40-38-93-36-34-91-32-30-89-28-26-87-24-22-85-20-18-83-16-14-81-12-10-79-8-6-72-61(75)4-2-1-3-60-65-59(56-103-60)73-67(77)74-65/h55,59-60,65H,1-54,56H2,(H,72,75)(H2,73,74,77). The van der Waals surface area contributed by atoms with Gasteiger partial charge >= 0.3 is 12.0 Å². The number of hydrogen-bond donors (Lipinski definition) is 3. The van der Waals surface area contributed by atoms with Gasteiger partial charge in [-0.25, -0.2) is 13.6 Å². The number of urea groups is 1. The molecule has 1 aromatic carbocycles. The van der Waals surface area contributed by atoms with Crippen LogP contribution in [-0.2, 0) is 123 Å². The summed E-state index contributed by atoms with van der Waals surface area (Å²) < 4.78 is 190. The summed E-state index contributed by atoms with van der Waals surface area (Å²) in [6.45, 7) is 20.6. The second kappa shape index (κ2) is 71.5. The van der Waals surface area contributed by atoms with Crippen LogP contribution in [0.4, 0.5) is 22.4 Å². The number of thioether (sulfide) groups is 1. The van der Waals surface area contributed by atoms with Crippen LogP contribution in [0.1, 0.15) is 32.1 Å². The van der Waals surface area contributed by atoms with Crippen molar-refractivity contribution in [2.45, 2.75) is 49.4 Å². The molecule has 31 nitrogen and oxygen atoms in total. The molecule has 0 radical (unpaired) electrons. The van der Waals surface area contributed by atoms with E-state index in [-0.39, 0.29) is 56.5 Å². The summed E-state index contributed by atoms with van der Waals surface area (Å²) in [5.41, 5.74) is 0. The van der Waals surface area contributed by atoms with E-state index in [1.807, 2.05) is 11.8 Å². The van der Waals surface area contributed by atoms with Crippen molar-refractivity contribution in [3.05, 3.63) is 29.3 Å². The fraction of sp³-hybridized carbons (Fsp3) is 0.866. The van der Waals surface area contributed by atoms with E-state index >= 15 is 0 Å². The van der Waals surface area contributed by atoms with Crippen LogP contribution in [0.25, 0.3) is 0 Å². The van der Waals surface area contributed by atoms with Gasteiger partial charge in [0.05, 0.1) is 336 Å². The quantitative estimate of drug-likeness (QED) is 0.0211. The molecule has 2 saturated heterocycles. The van der Waals surface area contributed by atoms with Gasteiger partial charge in [0.2, 0.25) is 23.3 Å². The van der Waals surface area contributed by atoms with Crippen molar-refractivity contribution in [2.24, 2.45) is 0 Å². The third-order valence-corrected chi connectivity index (χ3v) is 15.5. The number of carbonyl (C=O) groups excluding carboxylic acids is 3. The number of halogens is 4. The lowest BCUT2D eigenvalue weighted by molar-refractivity contribution is -0.136. The van der Waals surface area contributed by atoms with Crippen LogP contribution in [0, 0.1) is 23.3 Å². The highest BCUT2D eigenvalue weighted by molar-refractivity contribution is 8.00. The van der Waals surface area contributed by atoms with Crippen LogP contribution in [0.5, 0.6) is 5.75 Å². The second-order valence-electron chi connectivity index (χ2n) is 21.9. The van der Waals surface area contributed by atoms with Crippen LogP contribution in [-0.4, -0.2) is 365 Å². The number of carbonyl (C=O) groups is 3. The Morgan fingerprint density at radius 3 is 0.874 bits per heavy atom. The highest BCUT2D eigenvalue weighted by Gasteiger charge is 2.42. The molecule has 2 aliphatic rings. The summed E-state index contributed by atoms with van der Waals surface area (Å²) in [4.78, 5) is 35.3. The molecular formula is C67H117F4N3O28S. The van der Waals surface area contributed by atoms with Crippen molar-refractivity contribution >= 4 is 29.7 Å². The molecule has 1 aromatic rings. The Bertz CT molecular complexity index is 2100. The van der Waals surface area contributed by atoms with Crippen LogP contribution in [0.3, 0.4) is 0 Å². The van der Waals surface area contributed by atoms with Crippen LogP contribution >= 0.6 is 11.8 Å². The Kier molecular flexibility index (Phi) is 65.0. The first-order valence-electron chi connectivity index (χ1n) is 35.6. The Balaban J connectivity index is 0.840. The van der Waals surface area contributed by atoms with E-state index in [4.69, 9.17) is 114 Å². The summed E-state index contributed by atoms with van der Waals surface area (Å²) in [6, 6.07) is 0.389. The third-order valence-electron chi connectivity index (χ3n) is 13.9. The molecule has 0 spiro atoms. The van der Waals surface area contributed by atoms with Gasteiger partial charge in [0.25, 0.3) is 0 Å². The van der Waals surface area contributed by atoms with Crippen LogP contribution < -0.4 is 20.7 Å². The number of benzene rings is 1. The number of ether oxygens (including phenoxy) is 25. The van der Waals surface area contributed by atoms with Gasteiger partial charge in [0.1, 0.15) is 0 Å². The summed E-state index contributed by atoms with van der Waals surface area (Å²) in [5.74, 6) is -8.54. The van der Waals surface area contributed by atoms with Gasteiger partial charge in [-0.3, -0.25) is 9.59 Å². The van der Waals surface area contributed by atoms with Gasteiger partial charge in [0, 0.05) is 30.0 Å². The first kappa shape index (κ1) is 93.7. The van der Waals surface area contributed by atoms with E-state index in [0.29, 0.717) is 309 Å². The Hall–Kier alpha value is -3.46. The van der Waals surface area contributed by atoms with Gasteiger partial charge in [0.15, 0.2) is 11.6 Å². The minimum absolute atomic E-state index is 0.0158. The van der Waals surface area contributed by atoms with E-state index < -0.39 is 41.4 Å². The fourth-order valence-corrected chi connectivity index (χ4v) is 10.3. The number of hydrogen-bond acceptors (Lipinski definition) is 29. The average Bonchev–Trinajstić information content (AvgIpc) is 1.77. The first-order chi connectivity index (χ1) is 50.8. The zero-order valence-corrected chi connectivity index (χ0v) is 60.9. The van der Waals surface area contributed by atoms with E-state index in [1.165, 1.54) is 0 Å². The summed E-state index contributed by atoms with van der Waals surface area (Å²) in [5, 5.41) is 9.28. The number of amides is 3. The average molecular weight is 1520 g/mol. The number of esters is 1. The van der Waals surface area contributed by atoms with Crippen molar-refractivity contribution in [2.75, 3.05) is 329 Å². The van der Waals surface area contributed by atoms with Crippen molar-refractivity contribution in [1.29, 1.82) is 0 Å². The summed E-state index contributed by atoms with van der Waals surface area (Å²) in [6.07, 6.45) is 2.89. The van der Waals surface area contributed by atoms with Crippen molar-refractivity contribution < 1.29 is 150 Å². The lowest BCUT2D eigenvalue weighted by Crippen LogP contribution is -2.36. The van der Waals surface area contributed by atoms with Gasteiger partial charge in [-0.05, 0) is 12.8 Å². The Morgan fingerprint density at radius 1 is 0.350 bits per heavy atom. The van der Waals surface area contributed by atoms with Gasteiger partial charge in [-0.2, -0.15) is 20.5 Å². The molecule has 2 aliphatic heterocycles. The minimum Gasteiger partial charge on any atom is -0.420 e. The predicted octanol–water partition coefficient (Wildman–Crippen LogP) is 2.78. The lowest BCUT2D eigenvalue weighted by atomic mass is 10.0. The predicted molar refractivity (Wildman–Crippen MR) is 363 cm³/mol. The molecular weight excluding hydrogens is 1400 g/mol. The van der Waals surface area contributed by atoms with E-state index in [9.17, 15) is 31.9 Å². The minimum atomic E-state index is -1.80. The van der Waals surface area contributed by atoms with E-state index in [0.717, 1.165) is 25.0 Å². The molecule has 0 saturated carbocycles.